The minimum Gasteiger partial charge on any atom is -0.426 e. The zero-order chi connectivity index (χ0) is 31.2. The minimum absolute atomic E-state index is 0.0720. The quantitative estimate of drug-likeness (QED) is 0.0995. The van der Waals surface area contributed by atoms with Crippen LogP contribution in [0, 0.1) is 28.4 Å². The molecule has 13 nitrogen and oxygen atoms in total. The summed E-state index contributed by atoms with van der Waals surface area (Å²) in [6.45, 7) is 16.0. The summed E-state index contributed by atoms with van der Waals surface area (Å²) in [5, 5.41) is 42.1. The number of ether oxygens (including phenoxy) is 1. The van der Waals surface area contributed by atoms with Crippen molar-refractivity contribution in [2.45, 2.75) is 85.7 Å². The van der Waals surface area contributed by atoms with E-state index in [4.69, 9.17) is 9.72 Å². The number of rotatable bonds is 12. The summed E-state index contributed by atoms with van der Waals surface area (Å²) in [4.78, 5) is 26.8. The molecule has 2 aromatic heterocycles. The monoisotopic (exact) mass is 575 g/mol. The maximum atomic E-state index is 11.4. The van der Waals surface area contributed by atoms with E-state index >= 15 is 0 Å². The molecule has 0 aliphatic rings. The number of azo groups is 1. The highest BCUT2D eigenvalue weighted by Gasteiger charge is 2.29. The molecule has 13 heteroatoms. The van der Waals surface area contributed by atoms with E-state index in [1.165, 1.54) is 16.8 Å². The predicted molar refractivity (Wildman–Crippen MR) is 160 cm³/mol. The maximum absolute atomic E-state index is 11.4. The summed E-state index contributed by atoms with van der Waals surface area (Å²) in [5.41, 5.74) is 1.19. The molecule has 0 aliphatic heterocycles. The van der Waals surface area contributed by atoms with Gasteiger partial charge in [0.1, 0.15) is 28.8 Å². The molecular weight excluding hydrogens is 538 g/mol. The fourth-order valence-electron chi connectivity index (χ4n) is 3.99. The third kappa shape index (κ3) is 7.06. The lowest BCUT2D eigenvalue weighted by atomic mass is 9.90. The molecule has 222 valence electrons. The van der Waals surface area contributed by atoms with Crippen molar-refractivity contribution in [3.63, 3.8) is 0 Å². The average Bonchev–Trinajstić information content (AvgIpc) is 3.31. The van der Waals surface area contributed by atoms with E-state index < -0.39 is 10.3 Å². The van der Waals surface area contributed by atoms with Crippen LogP contribution in [0.3, 0.4) is 0 Å². The van der Waals surface area contributed by atoms with Crippen molar-refractivity contribution in [1.82, 2.24) is 14.8 Å². The molecule has 0 saturated heterocycles. The first-order valence-electron chi connectivity index (χ1n) is 13.7. The van der Waals surface area contributed by atoms with Crippen LogP contribution in [0.25, 0.3) is 5.69 Å². The summed E-state index contributed by atoms with van der Waals surface area (Å²) in [6, 6.07) is 8.14. The fraction of sp³-hybridized carbons (Fsp3) is 0.448. The van der Waals surface area contributed by atoms with Crippen LogP contribution in [0.4, 0.5) is 28.8 Å². The molecule has 2 unspecified atom stereocenters. The molecule has 0 spiro atoms. The highest BCUT2D eigenvalue weighted by Crippen LogP contribution is 2.39. The van der Waals surface area contributed by atoms with E-state index in [9.17, 15) is 20.2 Å². The van der Waals surface area contributed by atoms with Crippen molar-refractivity contribution in [2.75, 3.05) is 10.6 Å². The molecule has 0 amide bonds. The normalized spacial score (nSPS) is 12.9. The second-order valence-corrected chi connectivity index (χ2v) is 11.1. The number of benzene rings is 1. The van der Waals surface area contributed by atoms with Gasteiger partial charge in [0, 0.05) is 23.6 Å². The van der Waals surface area contributed by atoms with Crippen molar-refractivity contribution in [1.29, 1.82) is 5.26 Å². The Morgan fingerprint density at radius 1 is 1.17 bits per heavy atom. The second-order valence-electron chi connectivity index (χ2n) is 11.1. The van der Waals surface area contributed by atoms with E-state index in [1.54, 1.807) is 0 Å². The number of aryl methyl sites for hydroxylation is 1. The maximum Gasteiger partial charge on any atom is 0.298 e. The Balaban J connectivity index is 2.28. The van der Waals surface area contributed by atoms with Crippen LogP contribution < -0.4 is 15.4 Å². The van der Waals surface area contributed by atoms with Crippen LogP contribution >= 0.6 is 0 Å². The van der Waals surface area contributed by atoms with E-state index in [0.717, 1.165) is 24.5 Å². The molecule has 0 saturated carbocycles. The Bertz CT molecular complexity index is 1530. The second kappa shape index (κ2) is 13.2. The van der Waals surface area contributed by atoms with Crippen LogP contribution in [0.5, 0.6) is 5.75 Å². The van der Waals surface area contributed by atoms with Crippen molar-refractivity contribution < 1.29 is 14.5 Å². The van der Waals surface area contributed by atoms with E-state index in [0.29, 0.717) is 23.0 Å². The highest BCUT2D eigenvalue weighted by molar-refractivity contribution is 5.69. The molecule has 2 atom stereocenters. The molecule has 2 N–H and O–H groups in total. The molecule has 0 aliphatic carbocycles. The van der Waals surface area contributed by atoms with Gasteiger partial charge in [0.15, 0.2) is 17.4 Å². The predicted octanol–water partition coefficient (Wildman–Crippen LogP) is 7.02. The van der Waals surface area contributed by atoms with Gasteiger partial charge in [-0.2, -0.15) is 10.4 Å². The number of anilines is 2. The largest absolute Gasteiger partial charge is 0.426 e. The zero-order valence-corrected chi connectivity index (χ0v) is 25.2. The lowest BCUT2D eigenvalue weighted by Crippen LogP contribution is -2.18. The number of nitro benzene ring substituents is 1. The summed E-state index contributed by atoms with van der Waals surface area (Å²) < 4.78 is 6.40. The number of pyridine rings is 1. The molecule has 0 fully saturated rings. The molecule has 1 aromatic carbocycles. The first kappa shape index (κ1) is 31.7. The van der Waals surface area contributed by atoms with Gasteiger partial charge in [-0.1, -0.05) is 34.6 Å². The average molecular weight is 576 g/mol. The Morgan fingerprint density at radius 2 is 1.83 bits per heavy atom. The summed E-state index contributed by atoms with van der Waals surface area (Å²) in [7, 11) is 0. The van der Waals surface area contributed by atoms with Crippen LogP contribution in [0.2, 0.25) is 0 Å². The number of hydrogen-bond acceptors (Lipinski definition) is 11. The number of nitrogens with one attached hydrogen (secondary N) is 2. The third-order valence-corrected chi connectivity index (χ3v) is 6.67. The molecule has 0 bridgehead atoms. The first-order valence-corrected chi connectivity index (χ1v) is 13.7. The number of aromatic nitrogens is 3. The molecule has 42 heavy (non-hydrogen) atoms. The standard InChI is InChI=1S/C29H37N9O4/c1-9-18(4)31-24-13-17(3)25(27(33-24)32-19(5)10-2)34-35-28-21(15-30)26(29(6,7)8)36-37(28)22-12-11-20(38(40)41)14-23(22)42-16-39/h11-14,16,18-19H,9-10H2,1-8H3,(H2,31,32,33). The number of nitro groups is 1. The fourth-order valence-corrected chi connectivity index (χ4v) is 3.99. The molecule has 3 aromatic rings. The molecular formula is C29H37N9O4. The number of nitriles is 1. The first-order chi connectivity index (χ1) is 19.8. The van der Waals surface area contributed by atoms with E-state index in [1.807, 2.05) is 40.7 Å². The van der Waals surface area contributed by atoms with Gasteiger partial charge >= 0.3 is 0 Å². The Labute approximate surface area is 245 Å². The van der Waals surface area contributed by atoms with Crippen LogP contribution in [0.1, 0.15) is 78.1 Å². The van der Waals surface area contributed by atoms with Crippen molar-refractivity contribution >= 4 is 35.3 Å². The van der Waals surface area contributed by atoms with Crippen LogP contribution in [-0.4, -0.2) is 38.2 Å². The van der Waals surface area contributed by atoms with Gasteiger partial charge in [-0.3, -0.25) is 14.9 Å². The number of non-ortho nitro benzene ring substituents is 1. The van der Waals surface area contributed by atoms with Gasteiger partial charge in [-0.05, 0) is 51.3 Å². The number of carbonyl (C=O) groups is 1. The van der Waals surface area contributed by atoms with E-state index in [2.05, 4.69) is 52.8 Å². The van der Waals surface area contributed by atoms with Gasteiger partial charge in [0.2, 0.25) is 0 Å². The summed E-state index contributed by atoms with van der Waals surface area (Å²) in [5.74, 6) is 1.18. The lowest BCUT2D eigenvalue weighted by Gasteiger charge is -2.18. The van der Waals surface area contributed by atoms with Gasteiger partial charge in [0.25, 0.3) is 12.2 Å². The van der Waals surface area contributed by atoms with Gasteiger partial charge < -0.3 is 15.4 Å². The van der Waals surface area contributed by atoms with Gasteiger partial charge in [-0.25, -0.2) is 9.67 Å². The van der Waals surface area contributed by atoms with Gasteiger partial charge in [0.05, 0.1) is 16.7 Å². The highest BCUT2D eigenvalue weighted by atomic mass is 16.6. The Morgan fingerprint density at radius 3 is 2.40 bits per heavy atom. The number of hydrogen-bond donors (Lipinski definition) is 2. The summed E-state index contributed by atoms with van der Waals surface area (Å²) >= 11 is 0. The number of carbonyl (C=O) groups excluding carboxylic acids is 1. The van der Waals surface area contributed by atoms with E-state index in [-0.39, 0.29) is 47.1 Å². The Hall–Kier alpha value is -4.86. The van der Waals surface area contributed by atoms with Crippen LogP contribution in [-0.2, 0) is 10.2 Å². The van der Waals surface area contributed by atoms with Crippen molar-refractivity contribution in [2.24, 2.45) is 10.2 Å². The molecule has 3 rings (SSSR count). The minimum atomic E-state index is -0.603. The topological polar surface area (TPSA) is 173 Å². The number of nitrogens with zero attached hydrogens (tertiary/aromatic N) is 7. The third-order valence-electron chi connectivity index (χ3n) is 6.67. The zero-order valence-electron chi connectivity index (χ0n) is 25.2. The Kier molecular flexibility index (Phi) is 9.95. The smallest absolute Gasteiger partial charge is 0.298 e. The lowest BCUT2D eigenvalue weighted by molar-refractivity contribution is -0.384. The molecule has 2 heterocycles. The molecule has 0 radical (unpaired) electrons. The van der Waals surface area contributed by atoms with Crippen molar-refractivity contribution in [3.8, 4) is 17.5 Å². The van der Waals surface area contributed by atoms with Crippen LogP contribution in [0.15, 0.2) is 34.5 Å². The summed E-state index contributed by atoms with van der Waals surface area (Å²) in [6.07, 6.45) is 1.77. The SMILES string of the molecule is CCC(C)Nc1cc(C)c(N=Nc2c(C#N)c(C(C)(C)C)nn2-c2ccc([N+](=O)[O-])cc2OC=O)c(NC(C)CC)n1. The van der Waals surface area contributed by atoms with Crippen molar-refractivity contribution in [3.05, 3.63) is 51.2 Å². The van der Waals surface area contributed by atoms with Gasteiger partial charge in [-0.15, -0.1) is 10.2 Å².